The minimum absolute atomic E-state index is 0.168. The molecule has 2 aliphatic rings. The van der Waals surface area contributed by atoms with Crippen molar-refractivity contribution in [1.82, 2.24) is 25.6 Å². The molecule has 1 aliphatic heterocycles. The van der Waals surface area contributed by atoms with Crippen LogP contribution in [-0.4, -0.2) is 34.0 Å². The number of carbonyl (C=O) groups excluding carboxylic acids is 1. The van der Waals surface area contributed by atoms with E-state index in [1.807, 2.05) is 24.3 Å². The first-order chi connectivity index (χ1) is 11.8. The highest BCUT2D eigenvalue weighted by Crippen LogP contribution is 2.53. The maximum absolute atomic E-state index is 12.7. The standard InChI is InChI=1S/C18H21N5O/c24-17(18(6-7-18)15-4-8-19-9-5-15)20-13-14-2-1-3-16(12-14)23-11-10-21-22-23/h1-4,10-12,19H,5-9,13H2,(H,20,24). The zero-order chi connectivity index (χ0) is 16.4. The van der Waals surface area contributed by atoms with E-state index in [0.717, 1.165) is 43.6 Å². The molecule has 0 unspecified atom stereocenters. The summed E-state index contributed by atoms with van der Waals surface area (Å²) >= 11 is 0. The van der Waals surface area contributed by atoms with Gasteiger partial charge < -0.3 is 10.6 Å². The molecule has 2 N–H and O–H groups in total. The molecule has 24 heavy (non-hydrogen) atoms. The van der Waals surface area contributed by atoms with E-state index < -0.39 is 0 Å². The molecule has 124 valence electrons. The molecule has 2 aromatic rings. The van der Waals surface area contributed by atoms with Gasteiger partial charge in [0.05, 0.1) is 23.5 Å². The first kappa shape index (κ1) is 15.1. The van der Waals surface area contributed by atoms with E-state index in [1.165, 1.54) is 5.57 Å². The zero-order valence-electron chi connectivity index (χ0n) is 13.5. The highest BCUT2D eigenvalue weighted by molar-refractivity contribution is 5.88. The minimum Gasteiger partial charge on any atom is -0.351 e. The van der Waals surface area contributed by atoms with Gasteiger partial charge in [0.2, 0.25) is 5.91 Å². The van der Waals surface area contributed by atoms with Crippen molar-refractivity contribution in [2.24, 2.45) is 5.41 Å². The number of nitrogens with one attached hydrogen (secondary N) is 2. The van der Waals surface area contributed by atoms with Gasteiger partial charge in [-0.15, -0.1) is 5.10 Å². The molecule has 2 heterocycles. The summed E-state index contributed by atoms with van der Waals surface area (Å²) in [5.41, 5.74) is 3.09. The van der Waals surface area contributed by atoms with E-state index in [-0.39, 0.29) is 11.3 Å². The average Bonchev–Trinajstić information content (AvgIpc) is 3.27. The predicted molar refractivity (Wildman–Crippen MR) is 90.4 cm³/mol. The van der Waals surface area contributed by atoms with Crippen molar-refractivity contribution in [3.05, 3.63) is 53.9 Å². The van der Waals surface area contributed by atoms with Gasteiger partial charge in [-0.3, -0.25) is 4.79 Å². The van der Waals surface area contributed by atoms with Crippen molar-refractivity contribution in [2.45, 2.75) is 25.8 Å². The molecule has 6 nitrogen and oxygen atoms in total. The van der Waals surface area contributed by atoms with E-state index >= 15 is 0 Å². The highest BCUT2D eigenvalue weighted by atomic mass is 16.2. The Kier molecular flexibility index (Phi) is 3.90. The topological polar surface area (TPSA) is 71.8 Å². The maximum Gasteiger partial charge on any atom is 0.230 e. The molecule has 0 spiro atoms. The third-order valence-electron chi connectivity index (χ3n) is 4.91. The number of rotatable bonds is 5. The summed E-state index contributed by atoms with van der Waals surface area (Å²) < 4.78 is 1.72. The molecule has 1 aliphatic carbocycles. The van der Waals surface area contributed by atoms with E-state index in [4.69, 9.17) is 0 Å². The second kappa shape index (κ2) is 6.20. The molecule has 0 bridgehead atoms. The number of benzene rings is 1. The Labute approximate surface area is 140 Å². The van der Waals surface area contributed by atoms with Crippen molar-refractivity contribution >= 4 is 5.91 Å². The molecule has 1 aromatic carbocycles. The zero-order valence-corrected chi connectivity index (χ0v) is 13.5. The fourth-order valence-electron chi connectivity index (χ4n) is 3.38. The summed E-state index contributed by atoms with van der Waals surface area (Å²) in [4.78, 5) is 12.7. The van der Waals surface area contributed by atoms with Crippen LogP contribution >= 0.6 is 0 Å². The third-order valence-corrected chi connectivity index (χ3v) is 4.91. The Morgan fingerprint density at radius 1 is 1.38 bits per heavy atom. The van der Waals surface area contributed by atoms with E-state index in [0.29, 0.717) is 6.54 Å². The van der Waals surface area contributed by atoms with Crippen LogP contribution in [0.1, 0.15) is 24.8 Å². The molecule has 1 fully saturated rings. The lowest BCUT2D eigenvalue weighted by atomic mass is 9.90. The number of hydrogen-bond acceptors (Lipinski definition) is 4. The number of aromatic nitrogens is 3. The first-order valence-electron chi connectivity index (χ1n) is 8.42. The summed E-state index contributed by atoms with van der Waals surface area (Å²) in [6.07, 6.45) is 8.59. The van der Waals surface area contributed by atoms with Gasteiger partial charge in [0.25, 0.3) is 0 Å². The van der Waals surface area contributed by atoms with Crippen LogP contribution in [-0.2, 0) is 11.3 Å². The van der Waals surface area contributed by atoms with E-state index in [2.05, 4.69) is 27.0 Å². The number of hydrogen-bond donors (Lipinski definition) is 2. The van der Waals surface area contributed by atoms with Gasteiger partial charge in [-0.2, -0.15) is 0 Å². The molecule has 4 rings (SSSR count). The highest BCUT2D eigenvalue weighted by Gasteiger charge is 2.52. The fourth-order valence-corrected chi connectivity index (χ4v) is 3.38. The Morgan fingerprint density at radius 3 is 3.00 bits per heavy atom. The van der Waals surface area contributed by atoms with Gasteiger partial charge in [-0.25, -0.2) is 4.68 Å². The predicted octanol–water partition coefficient (Wildman–Crippen LogP) is 1.58. The van der Waals surface area contributed by atoms with Gasteiger partial charge in [-0.05, 0) is 43.5 Å². The van der Waals surface area contributed by atoms with E-state index in [1.54, 1.807) is 17.1 Å². The molecular weight excluding hydrogens is 302 g/mol. The van der Waals surface area contributed by atoms with E-state index in [9.17, 15) is 4.79 Å². The molecular formula is C18H21N5O. The molecule has 6 heteroatoms. The summed E-state index contributed by atoms with van der Waals surface area (Å²) in [6.45, 7) is 2.39. The second-order valence-corrected chi connectivity index (χ2v) is 6.47. The van der Waals surface area contributed by atoms with Gasteiger partial charge in [0, 0.05) is 13.1 Å². The van der Waals surface area contributed by atoms with Crippen molar-refractivity contribution < 1.29 is 4.79 Å². The maximum atomic E-state index is 12.7. The third kappa shape index (κ3) is 2.85. The second-order valence-electron chi connectivity index (χ2n) is 6.47. The van der Waals surface area contributed by atoms with Crippen molar-refractivity contribution in [1.29, 1.82) is 0 Å². The number of amides is 1. The monoisotopic (exact) mass is 323 g/mol. The van der Waals surface area contributed by atoms with Crippen LogP contribution in [0, 0.1) is 5.41 Å². The van der Waals surface area contributed by atoms with Crippen molar-refractivity contribution in [2.75, 3.05) is 13.1 Å². The van der Waals surface area contributed by atoms with Crippen LogP contribution < -0.4 is 10.6 Å². The molecule has 0 saturated heterocycles. The molecule has 1 saturated carbocycles. The smallest absolute Gasteiger partial charge is 0.230 e. The summed E-state index contributed by atoms with van der Waals surface area (Å²) in [7, 11) is 0. The lowest BCUT2D eigenvalue weighted by Crippen LogP contribution is -2.35. The quantitative estimate of drug-likeness (QED) is 0.820. The van der Waals surface area contributed by atoms with Crippen LogP contribution in [0.15, 0.2) is 48.3 Å². The number of carbonyl (C=O) groups is 1. The normalized spacial score (nSPS) is 18.8. The van der Waals surface area contributed by atoms with Gasteiger partial charge in [0.15, 0.2) is 0 Å². The Balaban J connectivity index is 1.43. The Morgan fingerprint density at radius 2 is 2.29 bits per heavy atom. The minimum atomic E-state index is -0.231. The molecule has 1 amide bonds. The molecule has 1 aromatic heterocycles. The van der Waals surface area contributed by atoms with Crippen LogP contribution in [0.25, 0.3) is 5.69 Å². The lowest BCUT2D eigenvalue weighted by molar-refractivity contribution is -0.125. The molecule has 0 atom stereocenters. The first-order valence-corrected chi connectivity index (χ1v) is 8.42. The largest absolute Gasteiger partial charge is 0.351 e. The Bertz CT molecular complexity index is 761. The lowest BCUT2D eigenvalue weighted by Gasteiger charge is -2.22. The van der Waals surface area contributed by atoms with Crippen LogP contribution in [0.3, 0.4) is 0 Å². The summed E-state index contributed by atoms with van der Waals surface area (Å²) in [5, 5.41) is 14.3. The summed E-state index contributed by atoms with van der Waals surface area (Å²) in [5.74, 6) is 0.168. The average molecular weight is 323 g/mol. The summed E-state index contributed by atoms with van der Waals surface area (Å²) in [6, 6.07) is 7.99. The van der Waals surface area contributed by atoms with Gasteiger partial charge in [0.1, 0.15) is 0 Å². The van der Waals surface area contributed by atoms with Gasteiger partial charge >= 0.3 is 0 Å². The Hall–Kier alpha value is -2.47. The molecule has 0 radical (unpaired) electrons. The number of nitrogens with zero attached hydrogens (tertiary/aromatic N) is 3. The van der Waals surface area contributed by atoms with Crippen molar-refractivity contribution in [3.8, 4) is 5.69 Å². The SMILES string of the molecule is O=C(NCc1cccc(-n2ccnn2)c1)C1(C2=CCNCC2)CC1. The van der Waals surface area contributed by atoms with Crippen LogP contribution in [0.4, 0.5) is 0 Å². The fraction of sp³-hybridized carbons (Fsp3) is 0.389. The van der Waals surface area contributed by atoms with Crippen LogP contribution in [0.2, 0.25) is 0 Å². The van der Waals surface area contributed by atoms with Crippen LogP contribution in [0.5, 0.6) is 0 Å². The van der Waals surface area contributed by atoms with Gasteiger partial charge in [-0.1, -0.05) is 29.0 Å². The van der Waals surface area contributed by atoms with Crippen molar-refractivity contribution in [3.63, 3.8) is 0 Å².